The molecule has 0 aliphatic carbocycles. The highest BCUT2D eigenvalue weighted by atomic mass is 79.9. The summed E-state index contributed by atoms with van der Waals surface area (Å²) in [5.74, 6) is 0.704. The maximum Gasteiger partial charge on any atom is 0.257 e. The molecule has 0 saturated carbocycles. The van der Waals surface area contributed by atoms with Crippen molar-refractivity contribution in [2.75, 3.05) is 23.3 Å². The summed E-state index contributed by atoms with van der Waals surface area (Å²) in [6, 6.07) is 7.20. The fraction of sp³-hybridized carbons (Fsp3) is 0.267. The molecular formula is C15H17BrN4O. The lowest BCUT2D eigenvalue weighted by Crippen LogP contribution is -2.22. The number of carbonyl (C=O) groups is 1. The number of rotatable bonds is 5. The Bertz CT molecular complexity index is 594. The van der Waals surface area contributed by atoms with E-state index in [0.717, 1.165) is 18.9 Å². The first-order chi connectivity index (χ1) is 10.1. The van der Waals surface area contributed by atoms with E-state index in [-0.39, 0.29) is 5.91 Å². The van der Waals surface area contributed by atoms with Crippen LogP contribution in [0.25, 0.3) is 0 Å². The Labute approximate surface area is 132 Å². The minimum absolute atomic E-state index is 0.201. The third-order valence-electron chi connectivity index (χ3n) is 3.08. The van der Waals surface area contributed by atoms with Crippen LogP contribution < -0.4 is 10.2 Å². The summed E-state index contributed by atoms with van der Waals surface area (Å²) in [6.07, 6.45) is 3.19. The first kappa shape index (κ1) is 15.4. The van der Waals surface area contributed by atoms with Gasteiger partial charge in [-0.2, -0.15) is 0 Å². The zero-order valence-electron chi connectivity index (χ0n) is 12.0. The average Bonchev–Trinajstić information content (AvgIpc) is 2.51. The first-order valence-corrected chi connectivity index (χ1v) is 7.57. The number of carbonyl (C=O) groups excluding carboxylic acids is 1. The van der Waals surface area contributed by atoms with Crippen molar-refractivity contribution < 1.29 is 4.79 Å². The second-order valence-electron chi connectivity index (χ2n) is 4.40. The van der Waals surface area contributed by atoms with Crippen molar-refractivity contribution >= 4 is 33.3 Å². The lowest BCUT2D eigenvalue weighted by Gasteiger charge is -2.19. The Kier molecular flexibility index (Phi) is 5.27. The average molecular weight is 349 g/mol. The van der Waals surface area contributed by atoms with Crippen molar-refractivity contribution in [2.24, 2.45) is 0 Å². The first-order valence-electron chi connectivity index (χ1n) is 6.78. The molecule has 1 amide bonds. The van der Waals surface area contributed by atoms with Gasteiger partial charge in [-0.25, -0.2) is 9.97 Å². The third-order valence-corrected chi connectivity index (χ3v) is 3.55. The molecule has 0 aromatic carbocycles. The molecule has 0 spiro atoms. The van der Waals surface area contributed by atoms with Crippen molar-refractivity contribution in [1.82, 2.24) is 9.97 Å². The summed E-state index contributed by atoms with van der Waals surface area (Å²) in [7, 11) is 0. The molecule has 0 radical (unpaired) electrons. The van der Waals surface area contributed by atoms with Gasteiger partial charge in [-0.1, -0.05) is 0 Å². The van der Waals surface area contributed by atoms with E-state index < -0.39 is 0 Å². The molecule has 21 heavy (non-hydrogen) atoms. The maximum atomic E-state index is 12.1. The van der Waals surface area contributed by atoms with Gasteiger partial charge in [0.15, 0.2) is 0 Å². The number of hydrogen-bond donors (Lipinski definition) is 1. The van der Waals surface area contributed by atoms with E-state index in [1.165, 1.54) is 6.20 Å². The summed E-state index contributed by atoms with van der Waals surface area (Å²) in [6.45, 7) is 5.97. The highest BCUT2D eigenvalue weighted by molar-refractivity contribution is 9.10. The molecule has 0 aliphatic heterocycles. The Morgan fingerprint density at radius 1 is 1.14 bits per heavy atom. The van der Waals surface area contributed by atoms with Crippen LogP contribution in [0, 0.1) is 0 Å². The number of nitrogens with one attached hydrogen (secondary N) is 1. The van der Waals surface area contributed by atoms with Crippen molar-refractivity contribution in [2.45, 2.75) is 13.8 Å². The Morgan fingerprint density at radius 2 is 1.90 bits per heavy atom. The van der Waals surface area contributed by atoms with Crippen molar-refractivity contribution in [3.63, 3.8) is 0 Å². The van der Waals surface area contributed by atoms with Crippen LogP contribution in [-0.2, 0) is 0 Å². The molecule has 5 nitrogen and oxygen atoms in total. The molecule has 0 atom stereocenters. The van der Waals surface area contributed by atoms with Crippen LogP contribution in [0.5, 0.6) is 0 Å². The van der Waals surface area contributed by atoms with Crippen LogP contribution in [0.1, 0.15) is 24.2 Å². The molecule has 0 saturated heterocycles. The van der Waals surface area contributed by atoms with Crippen molar-refractivity contribution in [3.8, 4) is 0 Å². The maximum absolute atomic E-state index is 12.1. The highest BCUT2D eigenvalue weighted by Gasteiger charge is 2.08. The predicted molar refractivity (Wildman–Crippen MR) is 87.7 cm³/mol. The van der Waals surface area contributed by atoms with Gasteiger partial charge in [0.1, 0.15) is 10.4 Å². The lowest BCUT2D eigenvalue weighted by molar-refractivity contribution is 0.102. The second-order valence-corrected chi connectivity index (χ2v) is 5.21. The quantitative estimate of drug-likeness (QED) is 0.842. The number of aromatic nitrogens is 2. The molecule has 0 fully saturated rings. The molecule has 2 heterocycles. The van der Waals surface area contributed by atoms with Crippen molar-refractivity contribution in [1.29, 1.82) is 0 Å². The van der Waals surface area contributed by atoms with Crippen molar-refractivity contribution in [3.05, 3.63) is 46.8 Å². The van der Waals surface area contributed by atoms with Gasteiger partial charge >= 0.3 is 0 Å². The van der Waals surface area contributed by atoms with Gasteiger partial charge in [0, 0.05) is 19.3 Å². The zero-order valence-corrected chi connectivity index (χ0v) is 13.6. The fourth-order valence-electron chi connectivity index (χ4n) is 1.91. The number of anilines is 2. The number of amides is 1. The second kappa shape index (κ2) is 7.17. The Balaban J connectivity index is 2.06. The molecule has 0 bridgehead atoms. The van der Waals surface area contributed by atoms with Gasteiger partial charge in [0.2, 0.25) is 0 Å². The zero-order chi connectivity index (χ0) is 15.2. The minimum Gasteiger partial charge on any atom is -0.357 e. The van der Waals surface area contributed by atoms with Crippen LogP contribution in [0.3, 0.4) is 0 Å². The summed E-state index contributed by atoms with van der Waals surface area (Å²) in [5.41, 5.74) is 1.17. The Morgan fingerprint density at radius 3 is 2.43 bits per heavy atom. The lowest BCUT2D eigenvalue weighted by atomic mass is 10.2. The third kappa shape index (κ3) is 4.01. The predicted octanol–water partition coefficient (Wildman–Crippen LogP) is 3.34. The van der Waals surface area contributed by atoms with Gasteiger partial charge in [-0.05, 0) is 54.0 Å². The van der Waals surface area contributed by atoms with Crippen LogP contribution in [0.15, 0.2) is 41.3 Å². The van der Waals surface area contributed by atoms with Gasteiger partial charge in [0.25, 0.3) is 5.91 Å². The minimum atomic E-state index is -0.201. The number of hydrogen-bond acceptors (Lipinski definition) is 4. The summed E-state index contributed by atoms with van der Waals surface area (Å²) < 4.78 is 0.698. The van der Waals surface area contributed by atoms with Gasteiger partial charge < -0.3 is 10.2 Å². The molecule has 1 N–H and O–H groups in total. The normalized spacial score (nSPS) is 10.2. The van der Waals surface area contributed by atoms with Gasteiger partial charge in [-0.3, -0.25) is 4.79 Å². The molecule has 0 aliphatic rings. The molecule has 2 aromatic heterocycles. The molecule has 2 rings (SSSR count). The van der Waals surface area contributed by atoms with E-state index in [1.54, 1.807) is 18.3 Å². The van der Waals surface area contributed by atoms with Crippen LogP contribution in [0.2, 0.25) is 0 Å². The Hall–Kier alpha value is -1.95. The molecule has 110 valence electrons. The van der Waals surface area contributed by atoms with E-state index in [1.807, 2.05) is 12.1 Å². The van der Waals surface area contributed by atoms with E-state index in [2.05, 4.69) is 50.0 Å². The van der Waals surface area contributed by atoms with Crippen LogP contribution in [-0.4, -0.2) is 29.0 Å². The largest absolute Gasteiger partial charge is 0.357 e. The number of pyridine rings is 2. The topological polar surface area (TPSA) is 58.1 Å². The summed E-state index contributed by atoms with van der Waals surface area (Å²) in [4.78, 5) is 22.6. The summed E-state index contributed by atoms with van der Waals surface area (Å²) >= 11 is 3.24. The van der Waals surface area contributed by atoms with E-state index in [0.29, 0.717) is 15.9 Å². The standard InChI is InChI=1S/C15H17BrN4O/c1-3-20(4-2)14-8-6-12(10-18-14)19-15(21)11-5-7-13(16)17-9-11/h5-10H,3-4H2,1-2H3,(H,19,21). The van der Waals surface area contributed by atoms with E-state index >= 15 is 0 Å². The molecule has 0 unspecified atom stereocenters. The monoisotopic (exact) mass is 348 g/mol. The molecule has 2 aromatic rings. The molecule has 6 heteroatoms. The summed E-state index contributed by atoms with van der Waals surface area (Å²) in [5, 5.41) is 2.80. The van der Waals surface area contributed by atoms with Gasteiger partial charge in [-0.15, -0.1) is 0 Å². The number of halogens is 1. The highest BCUT2D eigenvalue weighted by Crippen LogP contribution is 2.15. The van der Waals surface area contributed by atoms with Crippen LogP contribution in [0.4, 0.5) is 11.5 Å². The molecular weight excluding hydrogens is 332 g/mol. The van der Waals surface area contributed by atoms with Gasteiger partial charge in [0.05, 0.1) is 17.4 Å². The smallest absolute Gasteiger partial charge is 0.257 e. The number of nitrogens with zero attached hydrogens (tertiary/aromatic N) is 3. The van der Waals surface area contributed by atoms with E-state index in [9.17, 15) is 4.79 Å². The SMILES string of the molecule is CCN(CC)c1ccc(NC(=O)c2ccc(Br)nc2)cn1. The fourth-order valence-corrected chi connectivity index (χ4v) is 2.14. The van der Waals surface area contributed by atoms with E-state index in [4.69, 9.17) is 0 Å². The van der Waals surface area contributed by atoms with Crippen LogP contribution >= 0.6 is 15.9 Å².